The van der Waals surface area contributed by atoms with Crippen molar-refractivity contribution in [3.63, 3.8) is 0 Å². The molecule has 0 unspecified atom stereocenters. The monoisotopic (exact) mass is 154 g/mol. The van der Waals surface area contributed by atoms with Crippen LogP contribution in [-0.4, -0.2) is 22.2 Å². The van der Waals surface area contributed by atoms with Gasteiger partial charge in [0.1, 0.15) is 6.61 Å². The van der Waals surface area contributed by atoms with Gasteiger partial charge in [-0.3, -0.25) is 0 Å². The minimum atomic E-state index is -0.00968. The fourth-order valence-electron chi connectivity index (χ4n) is 0.806. The van der Waals surface area contributed by atoms with Crippen LogP contribution in [0.15, 0.2) is 6.07 Å². The average Bonchev–Trinajstić information content (AvgIpc) is 1.85. The molecule has 1 rings (SSSR count). The van der Waals surface area contributed by atoms with Crippen LogP contribution < -0.4 is 0 Å². The van der Waals surface area contributed by atoms with Crippen LogP contribution in [0.4, 0.5) is 0 Å². The lowest BCUT2D eigenvalue weighted by atomic mass is 10.4. The number of aromatic hydroxyl groups is 1. The number of hydrogen-bond acceptors (Lipinski definition) is 4. The molecule has 60 valence electrons. The highest BCUT2D eigenvalue weighted by Crippen LogP contribution is 2.06. The maximum Gasteiger partial charge on any atom is 0.214 e. The molecular formula is C7H10N2O2. The van der Waals surface area contributed by atoms with Gasteiger partial charge in [0, 0.05) is 18.9 Å². The van der Waals surface area contributed by atoms with Gasteiger partial charge in [-0.2, -0.15) is 4.98 Å². The van der Waals surface area contributed by atoms with E-state index in [4.69, 9.17) is 9.84 Å². The highest BCUT2D eigenvalue weighted by Gasteiger charge is 1.98. The van der Waals surface area contributed by atoms with Gasteiger partial charge in [0.15, 0.2) is 5.82 Å². The lowest BCUT2D eigenvalue weighted by molar-refractivity contribution is 0.176. The van der Waals surface area contributed by atoms with Crippen molar-refractivity contribution in [2.45, 2.75) is 13.5 Å². The SMILES string of the molecule is COCc1nc(C)cc(O)n1. The van der Waals surface area contributed by atoms with Crippen molar-refractivity contribution in [1.82, 2.24) is 9.97 Å². The molecule has 4 nitrogen and oxygen atoms in total. The molecule has 0 amide bonds. The molecule has 1 aromatic rings. The Labute approximate surface area is 64.9 Å². The summed E-state index contributed by atoms with van der Waals surface area (Å²) in [5.74, 6) is 0.495. The van der Waals surface area contributed by atoms with Gasteiger partial charge in [0.2, 0.25) is 5.88 Å². The summed E-state index contributed by atoms with van der Waals surface area (Å²) in [5.41, 5.74) is 0.740. The lowest BCUT2D eigenvalue weighted by Gasteiger charge is -1.99. The standard InChI is InChI=1S/C7H10N2O2/c1-5-3-7(10)9-6(8-5)4-11-2/h3H,4H2,1-2H3,(H,8,9,10). The van der Waals surface area contributed by atoms with Crippen molar-refractivity contribution in [2.75, 3.05) is 7.11 Å². The smallest absolute Gasteiger partial charge is 0.214 e. The molecule has 11 heavy (non-hydrogen) atoms. The molecule has 0 aliphatic heterocycles. The van der Waals surface area contributed by atoms with Crippen molar-refractivity contribution >= 4 is 0 Å². The molecule has 0 aliphatic carbocycles. The van der Waals surface area contributed by atoms with E-state index in [1.807, 2.05) is 0 Å². The number of aromatic nitrogens is 2. The summed E-state index contributed by atoms with van der Waals surface area (Å²) in [4.78, 5) is 7.77. The first-order chi connectivity index (χ1) is 5.22. The van der Waals surface area contributed by atoms with Gasteiger partial charge in [0.25, 0.3) is 0 Å². The first kappa shape index (κ1) is 7.94. The van der Waals surface area contributed by atoms with Crippen molar-refractivity contribution in [1.29, 1.82) is 0 Å². The van der Waals surface area contributed by atoms with Crippen LogP contribution in [0.2, 0.25) is 0 Å². The molecule has 0 aromatic carbocycles. The number of rotatable bonds is 2. The van der Waals surface area contributed by atoms with Crippen LogP contribution in [-0.2, 0) is 11.3 Å². The van der Waals surface area contributed by atoms with E-state index in [9.17, 15) is 0 Å². The third kappa shape index (κ3) is 2.16. The predicted octanol–water partition coefficient (Wildman–Crippen LogP) is 0.637. The summed E-state index contributed by atoms with van der Waals surface area (Å²) < 4.78 is 4.80. The van der Waals surface area contributed by atoms with Crippen molar-refractivity contribution < 1.29 is 9.84 Å². The zero-order chi connectivity index (χ0) is 8.27. The Kier molecular flexibility index (Phi) is 2.38. The molecule has 0 aliphatic rings. The first-order valence-corrected chi connectivity index (χ1v) is 3.25. The van der Waals surface area contributed by atoms with E-state index in [0.29, 0.717) is 12.4 Å². The minimum absolute atomic E-state index is 0.00968. The summed E-state index contributed by atoms with van der Waals surface area (Å²) in [5, 5.41) is 9.01. The van der Waals surface area contributed by atoms with Crippen molar-refractivity contribution in [2.24, 2.45) is 0 Å². The summed E-state index contributed by atoms with van der Waals surface area (Å²) in [7, 11) is 1.56. The fraction of sp³-hybridized carbons (Fsp3) is 0.429. The van der Waals surface area contributed by atoms with E-state index >= 15 is 0 Å². The topological polar surface area (TPSA) is 55.2 Å². The Morgan fingerprint density at radius 2 is 2.27 bits per heavy atom. The summed E-state index contributed by atoms with van der Waals surface area (Å²) >= 11 is 0. The quantitative estimate of drug-likeness (QED) is 0.679. The largest absolute Gasteiger partial charge is 0.493 e. The van der Waals surface area contributed by atoms with Gasteiger partial charge < -0.3 is 9.84 Å². The molecule has 0 bridgehead atoms. The van der Waals surface area contributed by atoms with Gasteiger partial charge in [-0.25, -0.2) is 4.98 Å². The third-order valence-corrected chi connectivity index (χ3v) is 1.16. The van der Waals surface area contributed by atoms with E-state index in [1.54, 1.807) is 14.0 Å². The molecule has 4 heteroatoms. The van der Waals surface area contributed by atoms with E-state index in [0.717, 1.165) is 5.69 Å². The second-order valence-electron chi connectivity index (χ2n) is 2.22. The molecule has 1 heterocycles. The molecule has 0 spiro atoms. The van der Waals surface area contributed by atoms with Crippen LogP contribution in [0.5, 0.6) is 5.88 Å². The molecule has 1 N–H and O–H groups in total. The minimum Gasteiger partial charge on any atom is -0.493 e. The van der Waals surface area contributed by atoms with Crippen LogP contribution in [0, 0.1) is 6.92 Å². The summed E-state index contributed by atoms with van der Waals surface area (Å²) in [6.07, 6.45) is 0. The Bertz CT molecular complexity index is 230. The van der Waals surface area contributed by atoms with Crippen molar-refractivity contribution in [3.8, 4) is 5.88 Å². The number of aryl methyl sites for hydroxylation is 1. The molecule has 0 fully saturated rings. The first-order valence-electron chi connectivity index (χ1n) is 3.25. The van der Waals surface area contributed by atoms with E-state index in [2.05, 4.69) is 9.97 Å². The van der Waals surface area contributed by atoms with Crippen molar-refractivity contribution in [3.05, 3.63) is 17.6 Å². The maximum absolute atomic E-state index is 9.01. The van der Waals surface area contributed by atoms with E-state index in [1.165, 1.54) is 6.07 Å². The second kappa shape index (κ2) is 3.30. The fourth-order valence-corrected chi connectivity index (χ4v) is 0.806. The second-order valence-corrected chi connectivity index (χ2v) is 2.22. The predicted molar refractivity (Wildman–Crippen MR) is 39.1 cm³/mol. The molecule has 0 radical (unpaired) electrons. The zero-order valence-electron chi connectivity index (χ0n) is 6.53. The highest BCUT2D eigenvalue weighted by atomic mass is 16.5. The maximum atomic E-state index is 9.01. The normalized spacial score (nSPS) is 10.0. The third-order valence-electron chi connectivity index (χ3n) is 1.16. The molecule has 0 saturated heterocycles. The van der Waals surface area contributed by atoms with Crippen LogP contribution in [0.25, 0.3) is 0 Å². The van der Waals surface area contributed by atoms with Gasteiger partial charge in [-0.15, -0.1) is 0 Å². The molecule has 0 atom stereocenters. The van der Waals surface area contributed by atoms with Gasteiger partial charge in [0.05, 0.1) is 0 Å². The van der Waals surface area contributed by atoms with E-state index < -0.39 is 0 Å². The average molecular weight is 154 g/mol. The van der Waals surface area contributed by atoms with Crippen LogP contribution in [0.3, 0.4) is 0 Å². The summed E-state index contributed by atoms with van der Waals surface area (Å²) in [6, 6.07) is 1.50. The zero-order valence-corrected chi connectivity index (χ0v) is 6.53. The van der Waals surface area contributed by atoms with Crippen LogP contribution >= 0.6 is 0 Å². The Hall–Kier alpha value is -1.16. The van der Waals surface area contributed by atoms with Gasteiger partial charge >= 0.3 is 0 Å². The highest BCUT2D eigenvalue weighted by molar-refractivity contribution is 5.13. The number of nitrogens with zero attached hydrogens (tertiary/aromatic N) is 2. The number of ether oxygens (including phenoxy) is 1. The molecule has 0 saturated carbocycles. The van der Waals surface area contributed by atoms with Crippen LogP contribution in [0.1, 0.15) is 11.5 Å². The Balaban J connectivity index is 2.89. The van der Waals surface area contributed by atoms with Gasteiger partial charge in [-0.1, -0.05) is 0 Å². The molecular weight excluding hydrogens is 144 g/mol. The molecule has 1 aromatic heterocycles. The van der Waals surface area contributed by atoms with Gasteiger partial charge in [-0.05, 0) is 6.92 Å². The Morgan fingerprint density at radius 1 is 1.55 bits per heavy atom. The Morgan fingerprint density at radius 3 is 2.82 bits per heavy atom. The number of methoxy groups -OCH3 is 1. The lowest BCUT2D eigenvalue weighted by Crippen LogP contribution is -1.97. The number of hydrogen-bond donors (Lipinski definition) is 1. The summed E-state index contributed by atoms with van der Waals surface area (Å²) in [6.45, 7) is 2.12. The van der Waals surface area contributed by atoms with E-state index in [-0.39, 0.29) is 5.88 Å².